The second-order valence-electron chi connectivity index (χ2n) is 4.68. The molecule has 0 aromatic rings. The van der Waals surface area contributed by atoms with Gasteiger partial charge in [0.2, 0.25) is 5.91 Å². The first-order chi connectivity index (χ1) is 5.92. The van der Waals surface area contributed by atoms with E-state index in [4.69, 9.17) is 0 Å². The summed E-state index contributed by atoms with van der Waals surface area (Å²) in [7, 11) is 0. The predicted molar refractivity (Wildman–Crippen MR) is 53.5 cm³/mol. The topological polar surface area (TPSA) is 32.3 Å². The van der Waals surface area contributed by atoms with Crippen LogP contribution in [-0.4, -0.2) is 35.5 Å². The van der Waals surface area contributed by atoms with E-state index in [0.29, 0.717) is 12.5 Å². The number of nitrogens with one attached hydrogen (secondary N) is 1. The maximum absolute atomic E-state index is 11.6. The molecule has 0 unspecified atom stereocenters. The van der Waals surface area contributed by atoms with Crippen LogP contribution in [0, 0.1) is 0 Å². The minimum absolute atomic E-state index is 0.0520. The number of carbonyl (C=O) groups excluding carboxylic acids is 1. The molecule has 3 heteroatoms. The Labute approximate surface area is 80.5 Å². The molecule has 0 aromatic carbocycles. The van der Waals surface area contributed by atoms with Gasteiger partial charge in [0, 0.05) is 31.1 Å². The van der Waals surface area contributed by atoms with E-state index in [9.17, 15) is 4.79 Å². The van der Waals surface area contributed by atoms with Crippen molar-refractivity contribution in [1.82, 2.24) is 10.2 Å². The number of hydrogen-bond acceptors (Lipinski definition) is 2. The molecule has 0 aliphatic carbocycles. The molecule has 1 aliphatic heterocycles. The molecule has 1 aliphatic rings. The van der Waals surface area contributed by atoms with Crippen LogP contribution in [0.3, 0.4) is 0 Å². The van der Waals surface area contributed by atoms with Gasteiger partial charge in [-0.25, -0.2) is 0 Å². The number of rotatable bonds is 1. The second kappa shape index (κ2) is 3.66. The van der Waals surface area contributed by atoms with Gasteiger partial charge in [0.25, 0.3) is 0 Å². The lowest BCUT2D eigenvalue weighted by atomic mass is 10.1. The zero-order valence-electron chi connectivity index (χ0n) is 9.05. The molecule has 76 valence electrons. The van der Waals surface area contributed by atoms with Crippen LogP contribution in [0.2, 0.25) is 0 Å². The van der Waals surface area contributed by atoms with Gasteiger partial charge in [0.1, 0.15) is 0 Å². The zero-order chi connectivity index (χ0) is 10.1. The summed E-state index contributed by atoms with van der Waals surface area (Å²) in [6.45, 7) is 10.0. The Morgan fingerprint density at radius 3 is 2.62 bits per heavy atom. The third-order valence-corrected chi connectivity index (χ3v) is 2.45. The first kappa shape index (κ1) is 10.5. The summed E-state index contributed by atoms with van der Waals surface area (Å²) in [5.41, 5.74) is 0.0520. The van der Waals surface area contributed by atoms with Gasteiger partial charge in [0.05, 0.1) is 0 Å². The Kier molecular flexibility index (Phi) is 2.96. The molecule has 13 heavy (non-hydrogen) atoms. The normalized spacial score (nSPS) is 23.5. The van der Waals surface area contributed by atoms with Crippen LogP contribution < -0.4 is 5.32 Å². The summed E-state index contributed by atoms with van der Waals surface area (Å²) in [6.07, 6.45) is 0.627. The molecular formula is C10H20N2O. The van der Waals surface area contributed by atoms with Crippen LogP contribution in [0.15, 0.2) is 0 Å². The highest BCUT2D eigenvalue weighted by atomic mass is 16.2. The fourth-order valence-corrected chi connectivity index (χ4v) is 1.69. The quantitative estimate of drug-likeness (QED) is 0.659. The lowest BCUT2D eigenvalue weighted by Crippen LogP contribution is -2.49. The smallest absolute Gasteiger partial charge is 0.224 e. The lowest BCUT2D eigenvalue weighted by molar-refractivity contribution is -0.132. The molecule has 0 bridgehead atoms. The number of amides is 1. The third-order valence-electron chi connectivity index (χ3n) is 2.45. The molecule has 1 heterocycles. The van der Waals surface area contributed by atoms with Crippen LogP contribution in [0.4, 0.5) is 0 Å². The van der Waals surface area contributed by atoms with Crippen molar-refractivity contribution in [1.29, 1.82) is 0 Å². The Morgan fingerprint density at radius 2 is 2.08 bits per heavy atom. The summed E-state index contributed by atoms with van der Waals surface area (Å²) < 4.78 is 0. The molecule has 3 nitrogen and oxygen atoms in total. The van der Waals surface area contributed by atoms with Gasteiger partial charge in [-0.15, -0.1) is 0 Å². The lowest BCUT2D eigenvalue weighted by Gasteiger charge is -2.32. The Balaban J connectivity index is 2.73. The highest BCUT2D eigenvalue weighted by Gasteiger charge is 2.29. The molecule has 0 saturated carbocycles. The Hall–Kier alpha value is -0.570. The standard InChI is InChI=1S/C10H20N2O/c1-8(2)12-7-10(3,4)11-6-5-9(12)13/h8,11H,5-7H2,1-4H3. The van der Waals surface area contributed by atoms with E-state index in [1.807, 2.05) is 4.90 Å². The van der Waals surface area contributed by atoms with Gasteiger partial charge in [-0.3, -0.25) is 4.79 Å². The second-order valence-corrected chi connectivity index (χ2v) is 4.68. The van der Waals surface area contributed by atoms with Crippen molar-refractivity contribution in [2.45, 2.75) is 45.7 Å². The van der Waals surface area contributed by atoms with Crippen LogP contribution in [0.1, 0.15) is 34.1 Å². The molecule has 1 rings (SSSR count). The van der Waals surface area contributed by atoms with Crippen molar-refractivity contribution in [2.75, 3.05) is 13.1 Å². The van der Waals surface area contributed by atoms with Crippen LogP contribution in [0.5, 0.6) is 0 Å². The fourth-order valence-electron chi connectivity index (χ4n) is 1.69. The first-order valence-corrected chi connectivity index (χ1v) is 4.97. The summed E-state index contributed by atoms with van der Waals surface area (Å²) in [6, 6.07) is 0.312. The largest absolute Gasteiger partial charge is 0.338 e. The van der Waals surface area contributed by atoms with Gasteiger partial charge in [0.15, 0.2) is 0 Å². The molecule has 1 saturated heterocycles. The van der Waals surface area contributed by atoms with E-state index in [0.717, 1.165) is 13.1 Å². The van der Waals surface area contributed by atoms with E-state index < -0.39 is 0 Å². The first-order valence-electron chi connectivity index (χ1n) is 4.97. The molecule has 1 fully saturated rings. The van der Waals surface area contributed by atoms with Crippen molar-refractivity contribution < 1.29 is 4.79 Å². The third kappa shape index (κ3) is 2.69. The van der Waals surface area contributed by atoms with Gasteiger partial charge in [-0.05, 0) is 27.7 Å². The van der Waals surface area contributed by atoms with Crippen LogP contribution in [-0.2, 0) is 4.79 Å². The molecule has 0 radical (unpaired) electrons. The number of hydrogen-bond donors (Lipinski definition) is 1. The maximum atomic E-state index is 11.6. The van der Waals surface area contributed by atoms with Crippen molar-refractivity contribution in [3.05, 3.63) is 0 Å². The molecule has 1 amide bonds. The highest BCUT2D eigenvalue weighted by molar-refractivity contribution is 5.77. The van der Waals surface area contributed by atoms with E-state index in [-0.39, 0.29) is 11.4 Å². The molecule has 0 aromatic heterocycles. The summed E-state index contributed by atoms with van der Waals surface area (Å²) in [5.74, 6) is 0.271. The van der Waals surface area contributed by atoms with Crippen molar-refractivity contribution >= 4 is 5.91 Å². The Bertz CT molecular complexity index is 199. The van der Waals surface area contributed by atoms with Gasteiger partial charge < -0.3 is 10.2 Å². The molecule has 0 spiro atoms. The fraction of sp³-hybridized carbons (Fsp3) is 0.900. The van der Waals surface area contributed by atoms with Crippen molar-refractivity contribution in [3.63, 3.8) is 0 Å². The zero-order valence-corrected chi connectivity index (χ0v) is 9.05. The van der Waals surface area contributed by atoms with Crippen LogP contribution in [0.25, 0.3) is 0 Å². The van der Waals surface area contributed by atoms with Gasteiger partial charge in [-0.2, -0.15) is 0 Å². The molecule has 0 atom stereocenters. The van der Waals surface area contributed by atoms with Crippen molar-refractivity contribution in [2.24, 2.45) is 0 Å². The summed E-state index contributed by atoms with van der Waals surface area (Å²) in [4.78, 5) is 13.6. The summed E-state index contributed by atoms with van der Waals surface area (Å²) in [5, 5.41) is 3.37. The maximum Gasteiger partial charge on any atom is 0.224 e. The number of carbonyl (C=O) groups is 1. The SMILES string of the molecule is CC(C)N1CC(C)(C)NCCC1=O. The van der Waals surface area contributed by atoms with Gasteiger partial charge in [-0.1, -0.05) is 0 Å². The minimum atomic E-state index is 0.0520. The predicted octanol–water partition coefficient (Wildman–Crippen LogP) is 0.995. The minimum Gasteiger partial charge on any atom is -0.338 e. The van der Waals surface area contributed by atoms with Crippen molar-refractivity contribution in [3.8, 4) is 0 Å². The number of nitrogens with zero attached hydrogens (tertiary/aromatic N) is 1. The van der Waals surface area contributed by atoms with Gasteiger partial charge >= 0.3 is 0 Å². The highest BCUT2D eigenvalue weighted by Crippen LogP contribution is 2.13. The average molecular weight is 184 g/mol. The summed E-state index contributed by atoms with van der Waals surface area (Å²) >= 11 is 0. The monoisotopic (exact) mass is 184 g/mol. The Morgan fingerprint density at radius 1 is 1.46 bits per heavy atom. The van der Waals surface area contributed by atoms with Crippen LogP contribution >= 0.6 is 0 Å². The van der Waals surface area contributed by atoms with E-state index in [1.165, 1.54) is 0 Å². The average Bonchev–Trinajstić information content (AvgIpc) is 2.10. The molecular weight excluding hydrogens is 164 g/mol. The van der Waals surface area contributed by atoms with E-state index in [2.05, 4.69) is 33.0 Å². The van der Waals surface area contributed by atoms with E-state index >= 15 is 0 Å². The molecule has 1 N–H and O–H groups in total. The van der Waals surface area contributed by atoms with E-state index in [1.54, 1.807) is 0 Å².